The highest BCUT2D eigenvalue weighted by molar-refractivity contribution is 5.66. The van der Waals surface area contributed by atoms with Gasteiger partial charge in [-0.2, -0.15) is 5.10 Å². The van der Waals surface area contributed by atoms with Gasteiger partial charge in [-0.3, -0.25) is 4.68 Å². The Labute approximate surface area is 99.5 Å². The van der Waals surface area contributed by atoms with Crippen molar-refractivity contribution in [2.75, 3.05) is 0 Å². The van der Waals surface area contributed by atoms with Gasteiger partial charge in [-0.05, 0) is 26.0 Å². The van der Waals surface area contributed by atoms with Crippen molar-refractivity contribution in [2.45, 2.75) is 13.8 Å². The molecule has 0 unspecified atom stereocenters. The molecule has 0 aliphatic carbocycles. The third-order valence-electron chi connectivity index (χ3n) is 2.90. The number of imidazole rings is 1. The molecule has 0 saturated carbocycles. The van der Waals surface area contributed by atoms with Crippen LogP contribution in [0.25, 0.3) is 16.8 Å². The molecule has 0 fully saturated rings. The van der Waals surface area contributed by atoms with Crippen molar-refractivity contribution < 1.29 is 0 Å². The Hall–Kier alpha value is -2.10. The van der Waals surface area contributed by atoms with E-state index in [9.17, 15) is 0 Å². The van der Waals surface area contributed by atoms with Crippen LogP contribution in [0.1, 0.15) is 11.4 Å². The summed E-state index contributed by atoms with van der Waals surface area (Å²) in [4.78, 5) is 4.42. The molecule has 17 heavy (non-hydrogen) atoms. The molecule has 0 saturated heterocycles. The van der Waals surface area contributed by atoms with Gasteiger partial charge in [0.05, 0.1) is 11.4 Å². The van der Waals surface area contributed by atoms with Gasteiger partial charge in [-0.1, -0.05) is 0 Å². The van der Waals surface area contributed by atoms with Gasteiger partial charge in [0.15, 0.2) is 0 Å². The van der Waals surface area contributed by atoms with Crippen LogP contribution in [-0.2, 0) is 7.05 Å². The number of pyridine rings is 1. The van der Waals surface area contributed by atoms with Gasteiger partial charge >= 0.3 is 0 Å². The minimum Gasteiger partial charge on any atom is -0.306 e. The lowest BCUT2D eigenvalue weighted by Crippen LogP contribution is -1.86. The van der Waals surface area contributed by atoms with Gasteiger partial charge in [-0.15, -0.1) is 0 Å². The first-order valence-corrected chi connectivity index (χ1v) is 5.59. The largest absolute Gasteiger partial charge is 0.306 e. The third kappa shape index (κ3) is 1.62. The van der Waals surface area contributed by atoms with Crippen LogP contribution < -0.4 is 0 Å². The molecule has 0 N–H and O–H groups in total. The summed E-state index contributed by atoms with van der Waals surface area (Å²) in [6.45, 7) is 4.03. The highest BCUT2D eigenvalue weighted by atomic mass is 15.2. The van der Waals surface area contributed by atoms with E-state index < -0.39 is 0 Å². The minimum absolute atomic E-state index is 0.979. The smallest absolute Gasteiger partial charge is 0.136 e. The normalized spacial score (nSPS) is 11.2. The molecule has 0 aliphatic rings. The SMILES string of the molecule is Cc1cn2cc(-c3cn(C)nc3C)ccc2n1. The fraction of sp³-hybridized carbons (Fsp3) is 0.231. The van der Waals surface area contributed by atoms with E-state index in [1.165, 1.54) is 11.1 Å². The van der Waals surface area contributed by atoms with Gasteiger partial charge in [0, 0.05) is 36.8 Å². The Morgan fingerprint density at radius 2 is 1.88 bits per heavy atom. The maximum Gasteiger partial charge on any atom is 0.136 e. The van der Waals surface area contributed by atoms with E-state index in [4.69, 9.17) is 0 Å². The maximum absolute atomic E-state index is 4.42. The van der Waals surface area contributed by atoms with E-state index in [2.05, 4.69) is 26.7 Å². The van der Waals surface area contributed by atoms with Crippen molar-refractivity contribution in [3.8, 4) is 11.1 Å². The molecule has 3 aromatic heterocycles. The lowest BCUT2D eigenvalue weighted by atomic mass is 10.1. The first-order chi connectivity index (χ1) is 8.13. The Kier molecular flexibility index (Phi) is 2.04. The molecule has 86 valence electrons. The fourth-order valence-corrected chi connectivity index (χ4v) is 2.16. The Morgan fingerprint density at radius 3 is 2.59 bits per heavy atom. The van der Waals surface area contributed by atoms with Crippen molar-refractivity contribution in [3.05, 3.63) is 42.1 Å². The quantitative estimate of drug-likeness (QED) is 0.638. The monoisotopic (exact) mass is 226 g/mol. The number of hydrogen-bond donors (Lipinski definition) is 0. The van der Waals surface area contributed by atoms with Crippen molar-refractivity contribution in [1.29, 1.82) is 0 Å². The van der Waals surface area contributed by atoms with Gasteiger partial charge in [-0.25, -0.2) is 4.98 Å². The Balaban J connectivity index is 2.20. The highest BCUT2D eigenvalue weighted by Crippen LogP contribution is 2.22. The zero-order valence-corrected chi connectivity index (χ0v) is 10.2. The summed E-state index contributed by atoms with van der Waals surface area (Å²) >= 11 is 0. The second-order valence-corrected chi connectivity index (χ2v) is 4.37. The molecule has 3 heterocycles. The molecule has 0 radical (unpaired) electrons. The van der Waals surface area contributed by atoms with E-state index in [0.717, 1.165) is 17.0 Å². The molecule has 3 rings (SSSR count). The van der Waals surface area contributed by atoms with E-state index in [0.29, 0.717) is 0 Å². The molecule has 0 aromatic carbocycles. The van der Waals surface area contributed by atoms with Crippen molar-refractivity contribution in [2.24, 2.45) is 7.05 Å². The maximum atomic E-state index is 4.42. The molecule has 0 atom stereocenters. The zero-order chi connectivity index (χ0) is 12.0. The van der Waals surface area contributed by atoms with Crippen LogP contribution in [0.4, 0.5) is 0 Å². The summed E-state index contributed by atoms with van der Waals surface area (Å²) in [5, 5.41) is 4.36. The topological polar surface area (TPSA) is 35.1 Å². The lowest BCUT2D eigenvalue weighted by Gasteiger charge is -2.00. The van der Waals surface area contributed by atoms with E-state index in [1.54, 1.807) is 0 Å². The second kappa shape index (κ2) is 3.45. The van der Waals surface area contributed by atoms with Crippen molar-refractivity contribution in [3.63, 3.8) is 0 Å². The first-order valence-electron chi connectivity index (χ1n) is 5.59. The predicted octanol–water partition coefficient (Wildman–Crippen LogP) is 2.35. The van der Waals surface area contributed by atoms with Crippen LogP contribution in [0.2, 0.25) is 0 Å². The average Bonchev–Trinajstić information content (AvgIpc) is 2.78. The summed E-state index contributed by atoms with van der Waals surface area (Å²) in [6.07, 6.45) is 6.17. The summed E-state index contributed by atoms with van der Waals surface area (Å²) in [5.74, 6) is 0. The average molecular weight is 226 g/mol. The second-order valence-electron chi connectivity index (χ2n) is 4.37. The molecular formula is C13H14N4. The molecule has 4 heteroatoms. The summed E-state index contributed by atoms with van der Waals surface area (Å²) < 4.78 is 3.89. The Morgan fingerprint density at radius 1 is 1.06 bits per heavy atom. The number of aromatic nitrogens is 4. The number of rotatable bonds is 1. The third-order valence-corrected chi connectivity index (χ3v) is 2.90. The van der Waals surface area contributed by atoms with E-state index in [-0.39, 0.29) is 0 Å². The molecule has 4 nitrogen and oxygen atoms in total. The zero-order valence-electron chi connectivity index (χ0n) is 10.2. The van der Waals surface area contributed by atoms with Gasteiger partial charge < -0.3 is 4.40 Å². The lowest BCUT2D eigenvalue weighted by molar-refractivity contribution is 0.756. The summed E-state index contributed by atoms with van der Waals surface area (Å²) in [6, 6.07) is 4.13. The predicted molar refractivity (Wildman–Crippen MR) is 66.9 cm³/mol. The molecule has 0 amide bonds. The van der Waals surface area contributed by atoms with Crippen LogP contribution in [0.5, 0.6) is 0 Å². The number of hydrogen-bond acceptors (Lipinski definition) is 2. The Bertz CT molecular complexity index is 691. The minimum atomic E-state index is 0.979. The summed E-state index contributed by atoms with van der Waals surface area (Å²) in [7, 11) is 1.94. The van der Waals surface area contributed by atoms with Crippen LogP contribution in [0, 0.1) is 13.8 Å². The summed E-state index contributed by atoms with van der Waals surface area (Å²) in [5.41, 5.74) is 5.39. The number of fused-ring (bicyclic) bond motifs is 1. The first kappa shape index (κ1) is 10.1. The van der Waals surface area contributed by atoms with Crippen molar-refractivity contribution in [1.82, 2.24) is 19.2 Å². The molecule has 3 aromatic rings. The molecule has 0 aliphatic heterocycles. The molecule has 0 bridgehead atoms. The van der Waals surface area contributed by atoms with E-state index in [1.807, 2.05) is 44.0 Å². The van der Waals surface area contributed by atoms with Crippen LogP contribution in [0.3, 0.4) is 0 Å². The van der Waals surface area contributed by atoms with E-state index >= 15 is 0 Å². The standard InChI is InChI=1S/C13H14N4/c1-9-6-17-7-11(4-5-13(17)14-9)12-8-16(3)15-10(12)2/h4-8H,1-3H3. The van der Waals surface area contributed by atoms with Crippen LogP contribution in [0.15, 0.2) is 30.7 Å². The molecule has 0 spiro atoms. The number of nitrogens with zero attached hydrogens (tertiary/aromatic N) is 4. The van der Waals surface area contributed by atoms with Gasteiger partial charge in [0.25, 0.3) is 0 Å². The number of aryl methyl sites for hydroxylation is 3. The van der Waals surface area contributed by atoms with Gasteiger partial charge in [0.2, 0.25) is 0 Å². The van der Waals surface area contributed by atoms with Gasteiger partial charge in [0.1, 0.15) is 5.65 Å². The highest BCUT2D eigenvalue weighted by Gasteiger charge is 2.07. The fourth-order valence-electron chi connectivity index (χ4n) is 2.16. The molecular weight excluding hydrogens is 212 g/mol. The van der Waals surface area contributed by atoms with Crippen LogP contribution >= 0.6 is 0 Å². The van der Waals surface area contributed by atoms with Crippen molar-refractivity contribution >= 4 is 5.65 Å². The van der Waals surface area contributed by atoms with Crippen LogP contribution in [-0.4, -0.2) is 19.2 Å².